The maximum Gasteiger partial charge on any atom is 0.249 e. The molecule has 0 aromatic carbocycles. The maximum atomic E-state index is 13.2. The van der Waals surface area contributed by atoms with Crippen molar-refractivity contribution < 1.29 is 19.2 Å². The van der Waals surface area contributed by atoms with Crippen molar-refractivity contribution in [2.75, 3.05) is 46.3 Å². The Balaban J connectivity index is 1.97. The van der Waals surface area contributed by atoms with E-state index in [0.29, 0.717) is 31.5 Å². The van der Waals surface area contributed by atoms with Crippen LogP contribution in [0.1, 0.15) is 52.9 Å². The minimum Gasteiger partial charge on any atom is -0.353 e. The highest BCUT2D eigenvalue weighted by atomic mass is 16.2. The minimum atomic E-state index is -0.448. The number of piperidine rings is 1. The van der Waals surface area contributed by atoms with Crippen LogP contribution in [0.4, 0.5) is 0 Å². The van der Waals surface area contributed by atoms with Crippen LogP contribution < -0.4 is 10.6 Å². The molecule has 2 atom stereocenters. The van der Waals surface area contributed by atoms with Gasteiger partial charge in [0.2, 0.25) is 24.1 Å². The third-order valence-corrected chi connectivity index (χ3v) is 6.61. The van der Waals surface area contributed by atoms with Crippen LogP contribution >= 0.6 is 0 Å². The Bertz CT molecular complexity index is 718. The number of nitrogens with one attached hydrogen (secondary N) is 2. The number of amides is 4. The molecule has 2 rings (SSSR count). The summed E-state index contributed by atoms with van der Waals surface area (Å²) in [7, 11) is 1.67. The quantitative estimate of drug-likeness (QED) is 0.348. The van der Waals surface area contributed by atoms with E-state index in [-0.39, 0.29) is 36.2 Å². The first kappa shape index (κ1) is 26.8. The number of hydrogen-bond acceptors (Lipinski definition) is 5. The summed E-state index contributed by atoms with van der Waals surface area (Å²) < 4.78 is 0. The average Bonchev–Trinajstić information content (AvgIpc) is 3.30. The van der Waals surface area contributed by atoms with E-state index in [1.807, 2.05) is 13.8 Å². The molecular formula is C24H41N5O4. The van der Waals surface area contributed by atoms with Crippen molar-refractivity contribution in [2.45, 2.75) is 65.0 Å². The van der Waals surface area contributed by atoms with Gasteiger partial charge in [0.05, 0.1) is 12.6 Å². The molecule has 0 radical (unpaired) electrons. The number of carbonyl (C=O) groups excluding carboxylic acids is 4. The summed E-state index contributed by atoms with van der Waals surface area (Å²) in [6, 6.07) is -0.745. The lowest BCUT2D eigenvalue weighted by molar-refractivity contribution is -0.135. The van der Waals surface area contributed by atoms with Gasteiger partial charge in [0, 0.05) is 32.3 Å². The normalized spacial score (nSPS) is 20.5. The summed E-state index contributed by atoms with van der Waals surface area (Å²) in [5.74, 6) is -0.408. The Morgan fingerprint density at radius 3 is 2.42 bits per heavy atom. The SMILES string of the molecule is CC(=C[C@H](C(C)C)N(C)C(=O)CNC=O)C(=O)N1CCC[C@H]1C(=O)NCCN1CCCCC1. The highest BCUT2D eigenvalue weighted by molar-refractivity contribution is 5.97. The van der Waals surface area contributed by atoms with E-state index < -0.39 is 6.04 Å². The smallest absolute Gasteiger partial charge is 0.249 e. The molecule has 186 valence electrons. The van der Waals surface area contributed by atoms with Crippen molar-refractivity contribution in [3.05, 3.63) is 11.6 Å². The van der Waals surface area contributed by atoms with Crippen molar-refractivity contribution in [1.29, 1.82) is 0 Å². The van der Waals surface area contributed by atoms with E-state index in [2.05, 4.69) is 15.5 Å². The van der Waals surface area contributed by atoms with Crippen molar-refractivity contribution in [3.63, 3.8) is 0 Å². The molecule has 0 aromatic rings. The first-order valence-corrected chi connectivity index (χ1v) is 12.2. The first-order valence-electron chi connectivity index (χ1n) is 12.2. The van der Waals surface area contributed by atoms with E-state index in [0.717, 1.165) is 26.1 Å². The zero-order valence-electron chi connectivity index (χ0n) is 20.6. The summed E-state index contributed by atoms with van der Waals surface area (Å²) in [5, 5.41) is 5.41. The van der Waals surface area contributed by atoms with Crippen LogP contribution in [0.3, 0.4) is 0 Å². The molecule has 2 aliphatic heterocycles. The number of likely N-dealkylation sites (N-methyl/N-ethyl adjacent to an activating group) is 1. The number of rotatable bonds is 11. The third-order valence-electron chi connectivity index (χ3n) is 6.61. The van der Waals surface area contributed by atoms with E-state index >= 15 is 0 Å². The summed E-state index contributed by atoms with van der Waals surface area (Å²) >= 11 is 0. The largest absolute Gasteiger partial charge is 0.353 e. The molecule has 0 saturated carbocycles. The van der Waals surface area contributed by atoms with Gasteiger partial charge in [-0.1, -0.05) is 26.3 Å². The fourth-order valence-electron chi connectivity index (χ4n) is 4.65. The maximum absolute atomic E-state index is 13.2. The number of likely N-dealkylation sites (tertiary alicyclic amines) is 2. The monoisotopic (exact) mass is 463 g/mol. The Morgan fingerprint density at radius 2 is 1.79 bits per heavy atom. The van der Waals surface area contributed by atoms with Crippen LogP contribution in [0.2, 0.25) is 0 Å². The Kier molecular flexibility index (Phi) is 10.8. The molecule has 9 heteroatoms. The standard InChI is InChI=1S/C24H41N5O4/c1-18(2)21(27(4)22(31)16-25-17-30)15-19(3)24(33)29-13-8-9-20(29)23(32)26-10-14-28-11-6-5-7-12-28/h15,17-18,20-21H,5-14,16H2,1-4H3,(H,25,30)(H,26,32)/t20-,21+/m0/s1. The molecule has 0 aliphatic carbocycles. The molecule has 0 unspecified atom stereocenters. The second-order valence-electron chi connectivity index (χ2n) is 9.44. The van der Waals surface area contributed by atoms with E-state index in [9.17, 15) is 19.2 Å². The summed E-state index contributed by atoms with van der Waals surface area (Å²) in [5.41, 5.74) is 0.518. The highest BCUT2D eigenvalue weighted by Gasteiger charge is 2.35. The Morgan fingerprint density at radius 1 is 1.09 bits per heavy atom. The predicted molar refractivity (Wildman–Crippen MR) is 127 cm³/mol. The number of nitrogens with zero attached hydrogens (tertiary/aromatic N) is 3. The van der Waals surface area contributed by atoms with E-state index in [4.69, 9.17) is 0 Å². The van der Waals surface area contributed by atoms with Crippen LogP contribution in [-0.2, 0) is 19.2 Å². The molecule has 2 fully saturated rings. The Hall–Kier alpha value is -2.42. The van der Waals surface area contributed by atoms with Crippen LogP contribution in [-0.4, -0.2) is 97.2 Å². The van der Waals surface area contributed by atoms with Crippen molar-refractivity contribution in [1.82, 2.24) is 25.3 Å². The molecule has 2 saturated heterocycles. The van der Waals surface area contributed by atoms with Gasteiger partial charge in [0.25, 0.3) is 0 Å². The molecule has 4 amide bonds. The lowest BCUT2D eigenvalue weighted by Gasteiger charge is -2.30. The van der Waals surface area contributed by atoms with Gasteiger partial charge in [-0.2, -0.15) is 0 Å². The molecule has 0 spiro atoms. The molecule has 2 N–H and O–H groups in total. The second-order valence-corrected chi connectivity index (χ2v) is 9.44. The molecule has 0 aromatic heterocycles. The fraction of sp³-hybridized carbons (Fsp3) is 0.750. The number of carbonyl (C=O) groups is 4. The van der Waals surface area contributed by atoms with E-state index in [1.165, 1.54) is 19.3 Å². The van der Waals surface area contributed by atoms with Crippen molar-refractivity contribution in [3.8, 4) is 0 Å². The van der Waals surface area contributed by atoms with Crippen LogP contribution in [0.25, 0.3) is 0 Å². The molecule has 2 heterocycles. The van der Waals surface area contributed by atoms with Gasteiger partial charge in [-0.15, -0.1) is 0 Å². The van der Waals surface area contributed by atoms with Gasteiger partial charge < -0.3 is 25.3 Å². The topological polar surface area (TPSA) is 102 Å². The van der Waals surface area contributed by atoms with Gasteiger partial charge in [0.1, 0.15) is 6.04 Å². The number of hydrogen-bond donors (Lipinski definition) is 2. The summed E-state index contributed by atoms with van der Waals surface area (Å²) in [4.78, 5) is 54.5. The fourth-order valence-corrected chi connectivity index (χ4v) is 4.65. The van der Waals surface area contributed by atoms with Crippen LogP contribution in [0.15, 0.2) is 11.6 Å². The average molecular weight is 464 g/mol. The van der Waals surface area contributed by atoms with Gasteiger partial charge in [-0.05, 0) is 51.6 Å². The molecule has 33 heavy (non-hydrogen) atoms. The zero-order chi connectivity index (χ0) is 24.4. The van der Waals surface area contributed by atoms with E-state index in [1.54, 1.807) is 29.8 Å². The highest BCUT2D eigenvalue weighted by Crippen LogP contribution is 2.21. The molecule has 9 nitrogen and oxygen atoms in total. The van der Waals surface area contributed by atoms with Crippen molar-refractivity contribution in [2.24, 2.45) is 5.92 Å². The van der Waals surface area contributed by atoms with Gasteiger partial charge in [0.15, 0.2) is 0 Å². The van der Waals surface area contributed by atoms with Crippen LogP contribution in [0, 0.1) is 5.92 Å². The molecule has 0 bridgehead atoms. The summed E-state index contributed by atoms with van der Waals surface area (Å²) in [6.07, 6.45) is 7.48. The first-order chi connectivity index (χ1) is 15.8. The third kappa shape index (κ3) is 7.84. The van der Waals surface area contributed by atoms with Gasteiger partial charge in [-0.3, -0.25) is 19.2 Å². The minimum absolute atomic E-state index is 0.0744. The lowest BCUT2D eigenvalue weighted by atomic mass is 9.99. The zero-order valence-corrected chi connectivity index (χ0v) is 20.6. The van der Waals surface area contributed by atoms with Gasteiger partial charge in [-0.25, -0.2) is 0 Å². The van der Waals surface area contributed by atoms with Crippen molar-refractivity contribution >= 4 is 24.1 Å². The van der Waals surface area contributed by atoms with Crippen LogP contribution in [0.5, 0.6) is 0 Å². The summed E-state index contributed by atoms with van der Waals surface area (Å²) in [6.45, 7) is 9.79. The Labute approximate surface area is 197 Å². The van der Waals surface area contributed by atoms with Gasteiger partial charge >= 0.3 is 0 Å². The lowest BCUT2D eigenvalue weighted by Crippen LogP contribution is -2.48. The second kappa shape index (κ2) is 13.3. The molecular weight excluding hydrogens is 422 g/mol. The molecule has 2 aliphatic rings. The predicted octanol–water partition coefficient (Wildman–Crippen LogP) is 0.755.